The summed E-state index contributed by atoms with van der Waals surface area (Å²) in [7, 11) is 3.21. The van der Waals surface area contributed by atoms with E-state index in [1.54, 1.807) is 26.4 Å². The highest BCUT2D eigenvalue weighted by Gasteiger charge is 2.04. The third-order valence-electron chi connectivity index (χ3n) is 3.36. The molecule has 25 heavy (non-hydrogen) atoms. The molecule has 0 heterocycles. The first-order valence-electron chi connectivity index (χ1n) is 8.56. The molecule has 0 spiro atoms. The summed E-state index contributed by atoms with van der Waals surface area (Å²) >= 11 is 0. The molecule has 0 bridgehead atoms. The maximum Gasteiger partial charge on any atom is 0.191 e. The van der Waals surface area contributed by atoms with Gasteiger partial charge in [-0.1, -0.05) is 6.07 Å². The SMILES string of the molecule is CCNC(=NCc1ccc(F)c(COC)c1)NCCCOCCOC. The third kappa shape index (κ3) is 9.38. The molecule has 0 aliphatic heterocycles. The van der Waals surface area contributed by atoms with Crippen LogP contribution in [0.4, 0.5) is 4.39 Å². The highest BCUT2D eigenvalue weighted by atomic mass is 19.1. The second-order valence-corrected chi connectivity index (χ2v) is 5.44. The van der Waals surface area contributed by atoms with Crippen LogP contribution >= 0.6 is 0 Å². The fourth-order valence-corrected chi connectivity index (χ4v) is 2.13. The molecule has 2 N–H and O–H groups in total. The van der Waals surface area contributed by atoms with Crippen molar-refractivity contribution in [3.63, 3.8) is 0 Å². The summed E-state index contributed by atoms with van der Waals surface area (Å²) in [6, 6.07) is 4.98. The van der Waals surface area contributed by atoms with Gasteiger partial charge in [0.05, 0.1) is 26.4 Å². The van der Waals surface area contributed by atoms with Crippen molar-refractivity contribution >= 4 is 5.96 Å². The number of nitrogens with zero attached hydrogens (tertiary/aromatic N) is 1. The van der Waals surface area contributed by atoms with Gasteiger partial charge in [-0.05, 0) is 31.0 Å². The Balaban J connectivity index is 2.45. The molecular formula is C18H30FN3O3. The van der Waals surface area contributed by atoms with Crippen LogP contribution in [0.5, 0.6) is 0 Å². The van der Waals surface area contributed by atoms with E-state index in [0.29, 0.717) is 31.9 Å². The zero-order valence-electron chi connectivity index (χ0n) is 15.4. The fraction of sp³-hybridized carbons (Fsp3) is 0.611. The normalized spacial score (nSPS) is 11.6. The number of aliphatic imine (C=N–C) groups is 1. The summed E-state index contributed by atoms with van der Waals surface area (Å²) in [4.78, 5) is 4.53. The van der Waals surface area contributed by atoms with Gasteiger partial charge in [0, 0.05) is 39.5 Å². The molecule has 6 nitrogen and oxygen atoms in total. The minimum atomic E-state index is -0.256. The molecule has 0 aliphatic carbocycles. The Labute approximate surface area is 149 Å². The number of rotatable bonds is 12. The molecule has 0 amide bonds. The number of guanidine groups is 1. The standard InChI is InChI=1S/C18H30FN3O3/c1-4-20-18(21-8-5-9-25-11-10-23-2)22-13-15-6-7-17(19)16(12-15)14-24-3/h6-7,12H,4-5,8-11,13-14H2,1-3H3,(H2,20,21,22). The molecule has 142 valence electrons. The average molecular weight is 355 g/mol. The van der Waals surface area contributed by atoms with E-state index in [-0.39, 0.29) is 12.4 Å². The van der Waals surface area contributed by atoms with Crippen molar-refractivity contribution in [1.29, 1.82) is 0 Å². The predicted octanol–water partition coefficient (Wildman–Crippen LogP) is 2.08. The topological polar surface area (TPSA) is 64.1 Å². The fourth-order valence-electron chi connectivity index (χ4n) is 2.13. The second kappa shape index (κ2) is 13.6. The first kappa shape index (κ1) is 21.3. The summed E-state index contributed by atoms with van der Waals surface area (Å²) in [5.74, 6) is 0.477. The summed E-state index contributed by atoms with van der Waals surface area (Å²) in [6.45, 7) is 6.17. The van der Waals surface area contributed by atoms with Crippen molar-refractivity contribution in [2.75, 3.05) is 47.1 Å². The van der Waals surface area contributed by atoms with Gasteiger partial charge in [-0.3, -0.25) is 0 Å². The monoisotopic (exact) mass is 355 g/mol. The number of hydrogen-bond acceptors (Lipinski definition) is 4. The largest absolute Gasteiger partial charge is 0.382 e. The van der Waals surface area contributed by atoms with Gasteiger partial charge in [0.15, 0.2) is 5.96 Å². The van der Waals surface area contributed by atoms with Crippen LogP contribution in [-0.4, -0.2) is 53.1 Å². The maximum atomic E-state index is 13.6. The number of ether oxygens (including phenoxy) is 3. The average Bonchev–Trinajstić information content (AvgIpc) is 2.61. The minimum Gasteiger partial charge on any atom is -0.382 e. The van der Waals surface area contributed by atoms with Crippen LogP contribution in [0.1, 0.15) is 24.5 Å². The second-order valence-electron chi connectivity index (χ2n) is 5.44. The van der Waals surface area contributed by atoms with Crippen molar-refractivity contribution in [2.24, 2.45) is 4.99 Å². The Morgan fingerprint density at radius 2 is 1.96 bits per heavy atom. The Morgan fingerprint density at radius 1 is 1.12 bits per heavy atom. The van der Waals surface area contributed by atoms with E-state index in [1.165, 1.54) is 6.07 Å². The molecule has 0 aliphatic rings. The van der Waals surface area contributed by atoms with Crippen LogP contribution in [0, 0.1) is 5.82 Å². The van der Waals surface area contributed by atoms with Crippen molar-refractivity contribution in [3.05, 3.63) is 35.1 Å². The Hall–Kier alpha value is -1.70. The molecule has 1 aromatic carbocycles. The number of methoxy groups -OCH3 is 2. The molecule has 0 radical (unpaired) electrons. The summed E-state index contributed by atoms with van der Waals surface area (Å²) in [5, 5.41) is 6.46. The van der Waals surface area contributed by atoms with E-state index in [9.17, 15) is 4.39 Å². The van der Waals surface area contributed by atoms with E-state index < -0.39 is 0 Å². The highest BCUT2D eigenvalue weighted by Crippen LogP contribution is 2.12. The Bertz CT molecular complexity index is 512. The van der Waals surface area contributed by atoms with Crippen LogP contribution in [0.25, 0.3) is 0 Å². The van der Waals surface area contributed by atoms with E-state index >= 15 is 0 Å². The first-order chi connectivity index (χ1) is 12.2. The third-order valence-corrected chi connectivity index (χ3v) is 3.36. The van der Waals surface area contributed by atoms with Gasteiger partial charge < -0.3 is 24.8 Å². The number of benzene rings is 1. The van der Waals surface area contributed by atoms with Gasteiger partial charge in [0.1, 0.15) is 5.82 Å². The zero-order valence-corrected chi connectivity index (χ0v) is 15.4. The molecule has 1 rings (SSSR count). The van der Waals surface area contributed by atoms with Crippen LogP contribution in [-0.2, 0) is 27.4 Å². The maximum absolute atomic E-state index is 13.6. The smallest absolute Gasteiger partial charge is 0.191 e. The first-order valence-corrected chi connectivity index (χ1v) is 8.56. The van der Waals surface area contributed by atoms with E-state index in [1.807, 2.05) is 6.92 Å². The number of hydrogen-bond donors (Lipinski definition) is 2. The Morgan fingerprint density at radius 3 is 2.68 bits per heavy atom. The summed E-state index contributed by atoms with van der Waals surface area (Å²) in [5.41, 5.74) is 1.48. The molecule has 0 saturated carbocycles. The molecule has 7 heteroatoms. The van der Waals surface area contributed by atoms with Gasteiger partial charge in [-0.25, -0.2) is 9.38 Å². The number of nitrogens with one attached hydrogen (secondary N) is 2. The van der Waals surface area contributed by atoms with Crippen LogP contribution in [0.3, 0.4) is 0 Å². The lowest BCUT2D eigenvalue weighted by atomic mass is 10.1. The van der Waals surface area contributed by atoms with Crippen molar-refractivity contribution < 1.29 is 18.6 Å². The highest BCUT2D eigenvalue weighted by molar-refractivity contribution is 5.79. The van der Waals surface area contributed by atoms with Crippen LogP contribution in [0.15, 0.2) is 23.2 Å². The van der Waals surface area contributed by atoms with Crippen LogP contribution < -0.4 is 10.6 Å². The molecular weight excluding hydrogens is 325 g/mol. The predicted molar refractivity (Wildman–Crippen MR) is 97.2 cm³/mol. The molecule has 0 atom stereocenters. The van der Waals surface area contributed by atoms with Crippen molar-refractivity contribution in [2.45, 2.75) is 26.5 Å². The van der Waals surface area contributed by atoms with Gasteiger partial charge in [-0.2, -0.15) is 0 Å². The lowest BCUT2D eigenvalue weighted by molar-refractivity contribution is 0.0698. The lowest BCUT2D eigenvalue weighted by Gasteiger charge is -2.12. The van der Waals surface area contributed by atoms with E-state index in [4.69, 9.17) is 14.2 Å². The quantitative estimate of drug-likeness (QED) is 0.341. The van der Waals surface area contributed by atoms with E-state index in [0.717, 1.165) is 31.0 Å². The lowest BCUT2D eigenvalue weighted by Crippen LogP contribution is -2.38. The molecule has 0 aromatic heterocycles. The molecule has 0 fully saturated rings. The summed E-state index contributed by atoms with van der Waals surface area (Å²) in [6.07, 6.45) is 0.878. The minimum absolute atomic E-state index is 0.255. The van der Waals surface area contributed by atoms with Gasteiger partial charge >= 0.3 is 0 Å². The number of halogens is 1. The zero-order chi connectivity index (χ0) is 18.3. The van der Waals surface area contributed by atoms with Gasteiger partial charge in [-0.15, -0.1) is 0 Å². The molecule has 0 saturated heterocycles. The van der Waals surface area contributed by atoms with E-state index in [2.05, 4.69) is 15.6 Å². The summed E-state index contributed by atoms with van der Waals surface area (Å²) < 4.78 is 29.0. The van der Waals surface area contributed by atoms with Gasteiger partial charge in [0.25, 0.3) is 0 Å². The van der Waals surface area contributed by atoms with Crippen molar-refractivity contribution in [1.82, 2.24) is 10.6 Å². The van der Waals surface area contributed by atoms with Crippen LogP contribution in [0.2, 0.25) is 0 Å². The molecule has 1 aromatic rings. The van der Waals surface area contributed by atoms with Crippen molar-refractivity contribution in [3.8, 4) is 0 Å². The van der Waals surface area contributed by atoms with Gasteiger partial charge in [0.2, 0.25) is 0 Å². The Kier molecular flexibility index (Phi) is 11.6. The molecule has 0 unspecified atom stereocenters.